The highest BCUT2D eigenvalue weighted by Gasteiger charge is 2.50. The first-order chi connectivity index (χ1) is 28.0. The van der Waals surface area contributed by atoms with Crippen LogP contribution >= 0.6 is 23.2 Å². The van der Waals surface area contributed by atoms with Crippen LogP contribution in [0.25, 0.3) is 22.3 Å². The Bertz CT molecular complexity index is 2480. The van der Waals surface area contributed by atoms with Crippen molar-refractivity contribution in [1.29, 1.82) is 0 Å². The van der Waals surface area contributed by atoms with Gasteiger partial charge < -0.3 is 20.0 Å². The summed E-state index contributed by atoms with van der Waals surface area (Å²) >= 11 is 13.0. The van der Waals surface area contributed by atoms with Crippen LogP contribution in [-0.2, 0) is 10.8 Å². The lowest BCUT2D eigenvalue weighted by atomic mass is 9.80. The van der Waals surface area contributed by atoms with E-state index in [-0.39, 0.29) is 11.4 Å². The van der Waals surface area contributed by atoms with Gasteiger partial charge in [0.1, 0.15) is 23.0 Å². The van der Waals surface area contributed by atoms with Crippen molar-refractivity contribution in [3.63, 3.8) is 0 Å². The van der Waals surface area contributed by atoms with Gasteiger partial charge in [0.2, 0.25) is 5.78 Å². The number of aliphatic hydroxyl groups is 2. The SMILES string of the molecule is O=C(c1ncc(F)cc1N1CCC2(CC(O)c3cc(-c4ccccc4Cl)ccc32)C1)c1ncc(F)cc1N1CCC2(CC(O)c3cc(-c4ccccc4Cl)ccc32)C1. The second-order valence-electron chi connectivity index (χ2n) is 16.3. The molecule has 6 aromatic rings. The standard InChI is InChI=1S/C47H38Cl2F2N4O3/c48-37-7-3-1-5-31(37)27-9-11-35-33(17-27)41(56)21-46(35)13-15-54(25-46)39-19-29(50)23-52-43(39)45(58)44-40(20-30(51)24-53-44)55-16-14-47(26-55)22-42(57)34-18-28(10-12-36(34)47)32-6-2-4-8-38(32)49/h1-12,17-20,23-24,41-42,56-57H,13-16,21-22,25-26H2. The van der Waals surface area contributed by atoms with Crippen LogP contribution in [0.1, 0.15) is 76.3 Å². The summed E-state index contributed by atoms with van der Waals surface area (Å²) in [6.45, 7) is 1.88. The molecule has 292 valence electrons. The van der Waals surface area contributed by atoms with E-state index in [1.54, 1.807) is 0 Å². The topological polar surface area (TPSA) is 89.8 Å². The molecule has 2 aromatic heterocycles. The van der Waals surface area contributed by atoms with Gasteiger partial charge in [0.25, 0.3) is 0 Å². The average Bonchev–Trinajstić information content (AvgIpc) is 3.98. The largest absolute Gasteiger partial charge is 0.388 e. The first-order valence-corrected chi connectivity index (χ1v) is 20.3. The van der Waals surface area contributed by atoms with E-state index in [1.165, 1.54) is 12.1 Å². The molecule has 2 spiro atoms. The predicted molar refractivity (Wildman–Crippen MR) is 222 cm³/mol. The van der Waals surface area contributed by atoms with Crippen molar-refractivity contribution in [2.24, 2.45) is 0 Å². The van der Waals surface area contributed by atoms with Crippen molar-refractivity contribution in [3.05, 3.63) is 165 Å². The van der Waals surface area contributed by atoms with E-state index in [9.17, 15) is 15.0 Å². The van der Waals surface area contributed by atoms with E-state index in [4.69, 9.17) is 23.2 Å². The van der Waals surface area contributed by atoms with Gasteiger partial charge >= 0.3 is 0 Å². The van der Waals surface area contributed by atoms with Crippen molar-refractivity contribution in [2.45, 2.75) is 48.7 Å². The van der Waals surface area contributed by atoms with Crippen LogP contribution in [-0.4, -0.2) is 52.1 Å². The van der Waals surface area contributed by atoms with Crippen LogP contribution in [0, 0.1) is 11.6 Å². The van der Waals surface area contributed by atoms with Crippen molar-refractivity contribution in [2.75, 3.05) is 36.0 Å². The number of pyridine rings is 2. The molecule has 2 fully saturated rings. The molecule has 58 heavy (non-hydrogen) atoms. The van der Waals surface area contributed by atoms with Crippen molar-refractivity contribution in [1.82, 2.24) is 9.97 Å². The number of benzene rings is 4. The third-order valence-electron chi connectivity index (χ3n) is 13.0. The number of rotatable bonds is 6. The molecule has 11 heteroatoms. The summed E-state index contributed by atoms with van der Waals surface area (Å²) in [4.78, 5) is 27.2. The van der Waals surface area contributed by atoms with Crippen molar-refractivity contribution < 1.29 is 23.8 Å². The first-order valence-electron chi connectivity index (χ1n) is 19.5. The molecule has 0 amide bonds. The molecular weight excluding hydrogens is 777 g/mol. The summed E-state index contributed by atoms with van der Waals surface area (Å²) in [5, 5.41) is 24.0. The van der Waals surface area contributed by atoms with Crippen molar-refractivity contribution in [3.8, 4) is 22.3 Å². The Balaban J connectivity index is 0.944. The zero-order chi connectivity index (χ0) is 39.9. The van der Waals surface area contributed by atoms with Crippen LogP contribution in [0.5, 0.6) is 0 Å². The number of aliphatic hydroxyl groups excluding tert-OH is 2. The maximum atomic E-state index is 15.1. The van der Waals surface area contributed by atoms with E-state index < -0.39 is 40.5 Å². The van der Waals surface area contributed by atoms with Crippen LogP contribution < -0.4 is 9.80 Å². The second kappa shape index (κ2) is 14.0. The molecule has 0 saturated carbocycles. The summed E-state index contributed by atoms with van der Waals surface area (Å²) < 4.78 is 30.1. The van der Waals surface area contributed by atoms with E-state index in [2.05, 4.69) is 22.1 Å². The Morgan fingerprint density at radius 1 is 0.638 bits per heavy atom. The smallest absolute Gasteiger partial charge is 0.233 e. The molecule has 4 aliphatic rings. The molecule has 4 unspecified atom stereocenters. The molecule has 4 atom stereocenters. The summed E-state index contributed by atoms with van der Waals surface area (Å²) in [5.74, 6) is -1.72. The Labute approximate surface area is 344 Å². The fourth-order valence-corrected chi connectivity index (χ4v) is 10.8. The third kappa shape index (κ3) is 6.01. The highest BCUT2D eigenvalue weighted by Crippen LogP contribution is 2.54. The van der Waals surface area contributed by atoms with Gasteiger partial charge in [-0.1, -0.05) is 83.9 Å². The Morgan fingerprint density at radius 3 is 1.50 bits per heavy atom. The lowest BCUT2D eigenvalue weighted by Crippen LogP contribution is -2.31. The molecular formula is C47H38Cl2F2N4O3. The molecule has 0 radical (unpaired) electrons. The molecule has 4 aromatic carbocycles. The van der Waals surface area contributed by atoms with E-state index >= 15 is 8.78 Å². The van der Waals surface area contributed by atoms with Crippen LogP contribution in [0.15, 0.2) is 109 Å². The zero-order valence-corrected chi connectivity index (χ0v) is 32.8. The van der Waals surface area contributed by atoms with Gasteiger partial charge in [-0.3, -0.25) is 4.79 Å². The van der Waals surface area contributed by atoms with Crippen molar-refractivity contribution >= 4 is 40.4 Å². The summed E-state index contributed by atoms with van der Waals surface area (Å²) in [6, 6.07) is 30.0. The fraction of sp³-hybridized carbons (Fsp3) is 0.255. The minimum Gasteiger partial charge on any atom is -0.388 e. The Morgan fingerprint density at radius 2 is 1.07 bits per heavy atom. The number of anilines is 2. The Kier molecular flexibility index (Phi) is 8.94. The number of aromatic nitrogens is 2. The van der Waals surface area contributed by atoms with Gasteiger partial charge in [-0.05, 0) is 83.3 Å². The predicted octanol–water partition coefficient (Wildman–Crippen LogP) is 9.80. The lowest BCUT2D eigenvalue weighted by Gasteiger charge is -2.28. The van der Waals surface area contributed by atoms with E-state index in [0.29, 0.717) is 73.3 Å². The Hall–Kier alpha value is -5.19. The van der Waals surface area contributed by atoms with E-state index in [0.717, 1.165) is 56.9 Å². The molecule has 2 aliphatic carbocycles. The molecule has 7 nitrogen and oxygen atoms in total. The lowest BCUT2D eigenvalue weighted by molar-refractivity contribution is 0.103. The highest BCUT2D eigenvalue weighted by atomic mass is 35.5. The van der Waals surface area contributed by atoms with Gasteiger partial charge in [-0.15, -0.1) is 0 Å². The van der Waals surface area contributed by atoms with Gasteiger partial charge in [0.15, 0.2) is 0 Å². The van der Waals surface area contributed by atoms with Gasteiger partial charge in [0.05, 0.1) is 36.0 Å². The fourth-order valence-electron chi connectivity index (χ4n) is 10.3. The summed E-state index contributed by atoms with van der Waals surface area (Å²) in [5.41, 5.74) is 7.18. The maximum absolute atomic E-state index is 15.1. The number of hydrogen-bond donors (Lipinski definition) is 2. The zero-order valence-electron chi connectivity index (χ0n) is 31.3. The summed E-state index contributed by atoms with van der Waals surface area (Å²) in [6.07, 6.45) is 2.97. The van der Waals surface area contributed by atoms with Crippen LogP contribution in [0.3, 0.4) is 0 Å². The van der Waals surface area contributed by atoms with E-state index in [1.807, 2.05) is 82.6 Å². The number of carbonyl (C=O) groups excluding carboxylic acids is 1. The van der Waals surface area contributed by atoms with Gasteiger partial charge in [-0.2, -0.15) is 0 Å². The number of fused-ring (bicyclic) bond motifs is 4. The molecule has 2 N–H and O–H groups in total. The molecule has 2 aliphatic heterocycles. The van der Waals surface area contributed by atoms with Crippen LogP contribution in [0.2, 0.25) is 10.0 Å². The monoisotopic (exact) mass is 814 g/mol. The average molecular weight is 816 g/mol. The number of carbonyl (C=O) groups is 1. The second-order valence-corrected chi connectivity index (χ2v) is 17.1. The summed E-state index contributed by atoms with van der Waals surface area (Å²) in [7, 11) is 0. The first kappa shape index (κ1) is 37.1. The van der Waals surface area contributed by atoms with Gasteiger partial charge in [-0.25, -0.2) is 18.7 Å². The van der Waals surface area contributed by atoms with Crippen LogP contribution in [0.4, 0.5) is 20.2 Å². The normalized spacial score (nSPS) is 23.3. The number of halogens is 4. The third-order valence-corrected chi connectivity index (χ3v) is 13.6. The number of hydrogen-bond acceptors (Lipinski definition) is 7. The van der Waals surface area contributed by atoms with Gasteiger partial charge in [0, 0.05) is 70.3 Å². The molecule has 2 saturated heterocycles. The number of nitrogens with zero attached hydrogens (tertiary/aromatic N) is 4. The minimum atomic E-state index is -0.698. The quantitative estimate of drug-likeness (QED) is 0.162. The molecule has 10 rings (SSSR count). The minimum absolute atomic E-state index is 0.0225. The maximum Gasteiger partial charge on any atom is 0.233 e. The molecule has 0 bridgehead atoms. The molecule has 4 heterocycles. The highest BCUT2D eigenvalue weighted by molar-refractivity contribution is 6.33. The number of ketones is 1.